The number of amides is 1. The fourth-order valence-electron chi connectivity index (χ4n) is 7.62. The summed E-state index contributed by atoms with van der Waals surface area (Å²) in [5, 5.41) is 48.9. The first kappa shape index (κ1) is 35.6. The summed E-state index contributed by atoms with van der Waals surface area (Å²) in [6, 6.07) is 6.82. The number of phenols is 1. The number of hydrogen-bond donors (Lipinski definition) is 6. The van der Waals surface area contributed by atoms with Gasteiger partial charge in [-0.25, -0.2) is 0 Å². The average molecular weight is 678 g/mol. The van der Waals surface area contributed by atoms with Crippen LogP contribution in [0.25, 0.3) is 16.9 Å². The van der Waals surface area contributed by atoms with Crippen LogP contribution in [-0.4, -0.2) is 94.3 Å². The Bertz CT molecular complexity index is 1790. The lowest BCUT2D eigenvalue weighted by molar-refractivity contribution is -0.153. The van der Waals surface area contributed by atoms with Crippen molar-refractivity contribution in [3.8, 4) is 22.6 Å². The van der Waals surface area contributed by atoms with Gasteiger partial charge in [-0.2, -0.15) is 0 Å². The molecule has 0 aromatic heterocycles. The van der Waals surface area contributed by atoms with E-state index in [2.05, 4.69) is 5.32 Å². The van der Waals surface area contributed by atoms with Crippen LogP contribution >= 0.6 is 0 Å². The van der Waals surface area contributed by atoms with Crippen LogP contribution < -0.4 is 15.8 Å². The van der Waals surface area contributed by atoms with Gasteiger partial charge in [0.2, 0.25) is 5.78 Å². The summed E-state index contributed by atoms with van der Waals surface area (Å²) >= 11 is 0. The number of ketones is 2. The molecule has 262 valence electrons. The van der Waals surface area contributed by atoms with Crippen LogP contribution in [0.3, 0.4) is 0 Å². The summed E-state index contributed by atoms with van der Waals surface area (Å²) in [5.74, 6) is -7.06. The lowest BCUT2D eigenvalue weighted by atomic mass is 9.57. The summed E-state index contributed by atoms with van der Waals surface area (Å²) in [5.41, 5.74) is 4.09. The Morgan fingerprint density at radius 2 is 1.80 bits per heavy atom. The molecule has 0 radical (unpaired) electrons. The highest BCUT2D eigenvalue weighted by Crippen LogP contribution is 2.54. The number of esters is 1. The summed E-state index contributed by atoms with van der Waals surface area (Å²) in [6.45, 7) is 6.16. The number of fused-ring (bicyclic) bond motifs is 3. The topological polar surface area (TPSA) is 209 Å². The Balaban J connectivity index is 1.62. The zero-order valence-corrected chi connectivity index (χ0v) is 28.4. The number of carbonyl (C=O) groups is 4. The van der Waals surface area contributed by atoms with Crippen molar-refractivity contribution in [1.29, 1.82) is 0 Å². The molecule has 13 heteroatoms. The fourth-order valence-corrected chi connectivity index (χ4v) is 7.62. The number of rotatable bonds is 10. The normalized spacial score (nSPS) is 24.1. The second-order valence-electron chi connectivity index (χ2n) is 13.3. The fraction of sp³-hybridized carbons (Fsp3) is 0.444. The Morgan fingerprint density at radius 3 is 2.39 bits per heavy atom. The van der Waals surface area contributed by atoms with Crippen LogP contribution in [0, 0.1) is 17.8 Å². The first-order valence-corrected chi connectivity index (χ1v) is 16.2. The van der Waals surface area contributed by atoms with Gasteiger partial charge in [-0.3, -0.25) is 24.1 Å². The molecule has 2 aromatic carbocycles. The van der Waals surface area contributed by atoms with Crippen molar-refractivity contribution in [2.75, 3.05) is 27.8 Å². The highest BCUT2D eigenvalue weighted by molar-refractivity contribution is 6.24. The third-order valence-corrected chi connectivity index (χ3v) is 9.89. The number of methoxy groups -OCH3 is 1. The highest BCUT2D eigenvalue weighted by Gasteiger charge is 2.64. The van der Waals surface area contributed by atoms with E-state index in [1.807, 2.05) is 26.0 Å². The van der Waals surface area contributed by atoms with Crippen molar-refractivity contribution in [2.24, 2.45) is 23.5 Å². The van der Waals surface area contributed by atoms with E-state index in [1.54, 1.807) is 33.2 Å². The maximum atomic E-state index is 14.2. The predicted octanol–water partition coefficient (Wildman–Crippen LogP) is 2.32. The lowest BCUT2D eigenvalue weighted by Crippen LogP contribution is -2.65. The van der Waals surface area contributed by atoms with Crippen LogP contribution in [0.15, 0.2) is 47.2 Å². The molecule has 7 N–H and O–H groups in total. The first-order valence-electron chi connectivity index (χ1n) is 16.2. The summed E-state index contributed by atoms with van der Waals surface area (Å²) in [6.07, 6.45) is 0.0780. The Kier molecular flexibility index (Phi) is 9.66. The predicted molar refractivity (Wildman–Crippen MR) is 178 cm³/mol. The van der Waals surface area contributed by atoms with Gasteiger partial charge in [-0.15, -0.1) is 0 Å². The minimum atomic E-state index is -2.72. The van der Waals surface area contributed by atoms with Crippen molar-refractivity contribution >= 4 is 29.2 Å². The zero-order chi connectivity index (χ0) is 36.1. The van der Waals surface area contributed by atoms with Gasteiger partial charge in [0.1, 0.15) is 34.6 Å². The van der Waals surface area contributed by atoms with Gasteiger partial charge in [0, 0.05) is 23.6 Å². The van der Waals surface area contributed by atoms with E-state index < -0.39 is 64.1 Å². The summed E-state index contributed by atoms with van der Waals surface area (Å²) < 4.78 is 10.9. The molecule has 2 aromatic rings. The quantitative estimate of drug-likeness (QED) is 0.158. The summed E-state index contributed by atoms with van der Waals surface area (Å²) in [4.78, 5) is 53.8. The molecule has 0 spiro atoms. The van der Waals surface area contributed by atoms with Crippen LogP contribution in [0.2, 0.25) is 0 Å². The molecule has 0 saturated heterocycles. The van der Waals surface area contributed by atoms with E-state index in [0.29, 0.717) is 29.0 Å². The van der Waals surface area contributed by atoms with E-state index in [4.69, 9.17) is 15.2 Å². The van der Waals surface area contributed by atoms with Crippen molar-refractivity contribution < 1.29 is 49.1 Å². The van der Waals surface area contributed by atoms with Crippen LogP contribution in [-0.2, 0) is 36.9 Å². The number of ether oxygens (including phenoxy) is 2. The Labute approximate surface area is 284 Å². The summed E-state index contributed by atoms with van der Waals surface area (Å²) in [7, 11) is 4.61. The number of hydrogen-bond acceptors (Lipinski definition) is 12. The van der Waals surface area contributed by atoms with E-state index in [9.17, 15) is 39.6 Å². The monoisotopic (exact) mass is 677 g/mol. The molecule has 3 aliphatic rings. The minimum Gasteiger partial charge on any atom is -0.508 e. The van der Waals surface area contributed by atoms with Gasteiger partial charge in [-0.1, -0.05) is 26.0 Å². The van der Waals surface area contributed by atoms with Gasteiger partial charge >= 0.3 is 5.97 Å². The van der Waals surface area contributed by atoms with E-state index in [0.717, 1.165) is 5.56 Å². The number of nitrogens with two attached hydrogens (primary N) is 1. The Hall–Kier alpha value is -4.72. The van der Waals surface area contributed by atoms with Gasteiger partial charge in [0.05, 0.1) is 25.3 Å². The third-order valence-electron chi connectivity index (χ3n) is 9.89. The second kappa shape index (κ2) is 13.3. The SMILES string of the molecule is CCOC(=O)C(NCc1ccc(OC)c(-c2ccc(O)c3c2C[C@H]2C[C@H]4[C@H](N(C)C)C(=O)C(C(N)=O)=C(O)[C@@]4(O)C(=O)C2=C3O)c1)C(C)C. The molecular formula is C36H43N3O10. The number of benzene rings is 2. The number of phenolic OH excluding ortho intramolecular Hbond substituents is 1. The smallest absolute Gasteiger partial charge is 0.323 e. The number of primary amides is 1. The molecule has 1 fully saturated rings. The Morgan fingerprint density at radius 1 is 1.10 bits per heavy atom. The van der Waals surface area contributed by atoms with Crippen molar-refractivity contribution in [3.05, 3.63) is 63.9 Å². The van der Waals surface area contributed by atoms with Gasteiger partial charge in [-0.05, 0) is 80.6 Å². The molecule has 5 atom stereocenters. The van der Waals surface area contributed by atoms with E-state index >= 15 is 0 Å². The molecule has 5 rings (SSSR count). The first-order chi connectivity index (χ1) is 23.1. The van der Waals surface area contributed by atoms with Crippen LogP contribution in [0.1, 0.15) is 43.9 Å². The van der Waals surface area contributed by atoms with Crippen molar-refractivity contribution in [2.45, 2.75) is 57.8 Å². The molecule has 13 nitrogen and oxygen atoms in total. The van der Waals surface area contributed by atoms with Crippen molar-refractivity contribution in [3.63, 3.8) is 0 Å². The number of likely N-dealkylation sites (N-methyl/N-ethyl adjacent to an activating group) is 1. The number of carbonyl (C=O) groups excluding carboxylic acids is 4. The van der Waals surface area contributed by atoms with Crippen LogP contribution in [0.5, 0.6) is 11.5 Å². The average Bonchev–Trinajstić information content (AvgIpc) is 3.02. The number of Topliss-reactive ketones (excluding diaryl/α,β-unsaturated/α-hetero) is 2. The molecule has 0 bridgehead atoms. The lowest BCUT2D eigenvalue weighted by Gasteiger charge is -2.50. The largest absolute Gasteiger partial charge is 0.508 e. The molecule has 3 aliphatic carbocycles. The third kappa shape index (κ3) is 5.75. The van der Waals surface area contributed by atoms with Crippen molar-refractivity contribution in [1.82, 2.24) is 10.2 Å². The molecule has 1 amide bonds. The number of nitrogens with one attached hydrogen (secondary N) is 1. The van der Waals surface area contributed by atoms with Gasteiger partial charge in [0.25, 0.3) is 5.91 Å². The maximum absolute atomic E-state index is 14.2. The van der Waals surface area contributed by atoms with E-state index in [1.165, 1.54) is 18.1 Å². The van der Waals surface area contributed by atoms with E-state index in [-0.39, 0.29) is 48.2 Å². The maximum Gasteiger partial charge on any atom is 0.323 e. The molecule has 49 heavy (non-hydrogen) atoms. The van der Waals surface area contributed by atoms with Gasteiger partial charge < -0.3 is 41.0 Å². The molecule has 0 aliphatic heterocycles. The molecule has 1 saturated carbocycles. The highest BCUT2D eigenvalue weighted by atomic mass is 16.5. The standard InChI is InChI=1S/C36H43N3O10/c1-7-49-35(46)28(16(2)3)38-15-17-8-11-24(48-6)20(12-17)19-9-10-23(40)26-21(19)13-18-14-22-29(39(4)5)31(42)27(34(37)45)33(44)36(22,47)32(43)25(18)30(26)41/h8-12,16,18,22,28-29,38,40-41,44,47H,7,13-15H2,1-6H3,(H2,37,45)/t18-,22-,28?,29-,36-/m0/s1. The number of aliphatic hydroxyl groups is 3. The molecule has 1 unspecified atom stereocenters. The minimum absolute atomic E-state index is 0.0263. The number of aromatic hydroxyl groups is 1. The zero-order valence-electron chi connectivity index (χ0n) is 28.4. The molecular weight excluding hydrogens is 634 g/mol. The van der Waals surface area contributed by atoms with Crippen LogP contribution in [0.4, 0.5) is 0 Å². The number of aliphatic hydroxyl groups excluding tert-OH is 2. The molecule has 0 heterocycles. The van der Waals surface area contributed by atoms with Gasteiger partial charge in [0.15, 0.2) is 11.4 Å². The second-order valence-corrected chi connectivity index (χ2v) is 13.3. The number of nitrogens with zero attached hydrogens (tertiary/aromatic N) is 1.